The third kappa shape index (κ3) is 5.68. The van der Waals surface area contributed by atoms with Gasteiger partial charge < -0.3 is 10.1 Å². The molecule has 4 heteroatoms. The number of rotatable bonds is 7. The smallest absolute Gasteiger partial charge is 0.146 e. The molecule has 1 saturated carbocycles. The summed E-state index contributed by atoms with van der Waals surface area (Å²) in [6.45, 7) is 10.3. The molecular weight excluding hydrogens is 315 g/mol. The van der Waals surface area contributed by atoms with Crippen molar-refractivity contribution in [3.8, 4) is 0 Å². The SMILES string of the molecule is C=C(C)Nc1cc(C(OCC2CC2)c2cccnc2)ccc1F.CC. The summed E-state index contributed by atoms with van der Waals surface area (Å²) in [6.07, 6.45) is 5.75. The van der Waals surface area contributed by atoms with Crippen molar-refractivity contribution in [2.75, 3.05) is 11.9 Å². The Morgan fingerprint density at radius 3 is 2.68 bits per heavy atom. The molecule has 1 fully saturated rings. The Kier molecular flexibility index (Phi) is 7.14. The highest BCUT2D eigenvalue weighted by Gasteiger charge is 2.25. The highest BCUT2D eigenvalue weighted by atomic mass is 19.1. The monoisotopic (exact) mass is 342 g/mol. The Morgan fingerprint density at radius 1 is 1.32 bits per heavy atom. The van der Waals surface area contributed by atoms with Gasteiger partial charge in [0.25, 0.3) is 0 Å². The molecule has 1 unspecified atom stereocenters. The minimum absolute atomic E-state index is 0.240. The van der Waals surface area contributed by atoms with Gasteiger partial charge in [-0.1, -0.05) is 32.6 Å². The number of benzene rings is 1. The van der Waals surface area contributed by atoms with Gasteiger partial charge in [-0.15, -0.1) is 0 Å². The normalized spacial score (nSPS) is 14.2. The van der Waals surface area contributed by atoms with Crippen molar-refractivity contribution in [1.29, 1.82) is 0 Å². The minimum Gasteiger partial charge on any atom is -0.368 e. The average Bonchev–Trinajstić information content (AvgIpc) is 3.44. The first-order valence-corrected chi connectivity index (χ1v) is 8.87. The third-order valence-electron chi connectivity index (χ3n) is 3.82. The maximum Gasteiger partial charge on any atom is 0.146 e. The van der Waals surface area contributed by atoms with Crippen molar-refractivity contribution < 1.29 is 9.13 Å². The number of nitrogens with zero attached hydrogens (tertiary/aromatic N) is 1. The zero-order valence-corrected chi connectivity index (χ0v) is 15.3. The first kappa shape index (κ1) is 19.1. The lowest BCUT2D eigenvalue weighted by molar-refractivity contribution is 0.0716. The van der Waals surface area contributed by atoms with Crippen LogP contribution in [-0.4, -0.2) is 11.6 Å². The van der Waals surface area contributed by atoms with Crippen LogP contribution in [0.3, 0.4) is 0 Å². The number of pyridine rings is 1. The molecule has 1 aromatic carbocycles. The number of ether oxygens (including phenoxy) is 1. The van der Waals surface area contributed by atoms with Gasteiger partial charge in [0.1, 0.15) is 11.9 Å². The number of anilines is 1. The number of hydrogen-bond donors (Lipinski definition) is 1. The van der Waals surface area contributed by atoms with Crippen molar-refractivity contribution in [2.45, 2.75) is 39.7 Å². The molecular formula is C21H27FN2O. The van der Waals surface area contributed by atoms with Crippen LogP contribution in [0, 0.1) is 11.7 Å². The lowest BCUT2D eigenvalue weighted by Gasteiger charge is -2.20. The molecule has 0 aliphatic heterocycles. The lowest BCUT2D eigenvalue weighted by atomic mass is 10.0. The van der Waals surface area contributed by atoms with Gasteiger partial charge in [0.05, 0.1) is 12.3 Å². The van der Waals surface area contributed by atoms with Crippen LogP contribution in [0.25, 0.3) is 0 Å². The van der Waals surface area contributed by atoms with Crippen molar-refractivity contribution in [3.63, 3.8) is 0 Å². The Balaban J connectivity index is 0.00000109. The van der Waals surface area contributed by atoms with Crippen LogP contribution in [0.15, 0.2) is 55.0 Å². The molecule has 0 bridgehead atoms. The molecule has 2 aromatic rings. The van der Waals surface area contributed by atoms with E-state index in [1.165, 1.54) is 18.9 Å². The van der Waals surface area contributed by atoms with Gasteiger partial charge >= 0.3 is 0 Å². The van der Waals surface area contributed by atoms with Gasteiger partial charge in [-0.2, -0.15) is 0 Å². The lowest BCUT2D eigenvalue weighted by Crippen LogP contribution is -2.10. The summed E-state index contributed by atoms with van der Waals surface area (Å²) in [5.41, 5.74) is 2.99. The summed E-state index contributed by atoms with van der Waals surface area (Å²) < 4.78 is 20.1. The predicted molar refractivity (Wildman–Crippen MR) is 101 cm³/mol. The Labute approximate surface area is 149 Å². The van der Waals surface area contributed by atoms with E-state index in [1.54, 1.807) is 31.5 Å². The number of allylic oxidation sites excluding steroid dienone is 1. The van der Waals surface area contributed by atoms with Gasteiger partial charge in [-0.05, 0) is 49.4 Å². The van der Waals surface area contributed by atoms with Gasteiger partial charge in [0.2, 0.25) is 0 Å². The van der Waals surface area contributed by atoms with Crippen LogP contribution in [0.5, 0.6) is 0 Å². The van der Waals surface area contributed by atoms with E-state index in [0.29, 0.717) is 17.3 Å². The zero-order valence-electron chi connectivity index (χ0n) is 15.3. The van der Waals surface area contributed by atoms with Gasteiger partial charge in [-0.3, -0.25) is 4.98 Å². The summed E-state index contributed by atoms with van der Waals surface area (Å²) >= 11 is 0. The molecule has 134 valence electrons. The average molecular weight is 342 g/mol. The second-order valence-corrected chi connectivity index (χ2v) is 6.09. The second kappa shape index (κ2) is 9.33. The Bertz CT molecular complexity index is 684. The molecule has 1 aliphatic carbocycles. The molecule has 1 atom stereocenters. The summed E-state index contributed by atoms with van der Waals surface area (Å²) in [4.78, 5) is 4.18. The van der Waals surface area contributed by atoms with Crippen molar-refractivity contribution >= 4 is 5.69 Å². The minimum atomic E-state index is -0.302. The Hall–Kier alpha value is -2.20. The molecule has 0 amide bonds. The van der Waals surface area contributed by atoms with Crippen LogP contribution in [0.4, 0.5) is 10.1 Å². The maximum absolute atomic E-state index is 14.0. The zero-order chi connectivity index (χ0) is 18.2. The Morgan fingerprint density at radius 2 is 2.08 bits per heavy atom. The number of nitrogens with one attached hydrogen (secondary N) is 1. The van der Waals surface area contributed by atoms with E-state index in [0.717, 1.165) is 17.7 Å². The van der Waals surface area contributed by atoms with E-state index in [9.17, 15) is 4.39 Å². The molecule has 0 saturated heterocycles. The molecule has 1 N–H and O–H groups in total. The van der Waals surface area contributed by atoms with Crippen LogP contribution in [0.2, 0.25) is 0 Å². The molecule has 0 radical (unpaired) electrons. The molecule has 3 nitrogen and oxygen atoms in total. The van der Waals surface area contributed by atoms with E-state index in [1.807, 2.05) is 26.0 Å². The van der Waals surface area contributed by atoms with E-state index in [-0.39, 0.29) is 11.9 Å². The highest BCUT2D eigenvalue weighted by molar-refractivity contribution is 5.52. The predicted octanol–water partition coefficient (Wildman–Crippen LogP) is 5.71. The largest absolute Gasteiger partial charge is 0.368 e. The summed E-state index contributed by atoms with van der Waals surface area (Å²) in [5.74, 6) is 0.353. The number of aromatic nitrogens is 1. The van der Waals surface area contributed by atoms with E-state index in [2.05, 4.69) is 16.9 Å². The van der Waals surface area contributed by atoms with Gasteiger partial charge in [0, 0.05) is 23.7 Å². The van der Waals surface area contributed by atoms with Crippen LogP contribution in [0.1, 0.15) is 50.8 Å². The molecule has 1 aromatic heterocycles. The first-order valence-electron chi connectivity index (χ1n) is 8.87. The van der Waals surface area contributed by atoms with E-state index >= 15 is 0 Å². The number of hydrogen-bond acceptors (Lipinski definition) is 3. The van der Waals surface area contributed by atoms with Crippen molar-refractivity contribution in [1.82, 2.24) is 4.98 Å². The first-order chi connectivity index (χ1) is 12.1. The summed E-state index contributed by atoms with van der Waals surface area (Å²) in [6, 6.07) is 8.89. The number of halogens is 1. The molecule has 1 aliphatic rings. The van der Waals surface area contributed by atoms with Crippen molar-refractivity contribution in [2.24, 2.45) is 5.92 Å². The topological polar surface area (TPSA) is 34.1 Å². The quantitative estimate of drug-likeness (QED) is 0.700. The van der Waals surface area contributed by atoms with E-state index < -0.39 is 0 Å². The second-order valence-electron chi connectivity index (χ2n) is 6.09. The molecule has 25 heavy (non-hydrogen) atoms. The summed E-state index contributed by atoms with van der Waals surface area (Å²) in [7, 11) is 0. The fraction of sp³-hybridized carbons (Fsp3) is 0.381. The fourth-order valence-electron chi connectivity index (χ4n) is 2.46. The maximum atomic E-state index is 14.0. The molecule has 1 heterocycles. The molecule has 3 rings (SSSR count). The third-order valence-corrected chi connectivity index (χ3v) is 3.82. The van der Waals surface area contributed by atoms with E-state index in [4.69, 9.17) is 4.74 Å². The van der Waals surface area contributed by atoms with Crippen LogP contribution >= 0.6 is 0 Å². The standard InChI is InChI=1S/C19H21FN2O.C2H6/c1-13(2)22-18-10-15(7-8-17(18)20)19(23-12-14-5-6-14)16-4-3-9-21-11-16;1-2/h3-4,7-11,14,19,22H,1,5-6,12H2,2H3;1-2H3. The van der Waals surface area contributed by atoms with Gasteiger partial charge in [0.15, 0.2) is 0 Å². The van der Waals surface area contributed by atoms with Crippen LogP contribution in [-0.2, 0) is 4.74 Å². The van der Waals surface area contributed by atoms with Crippen molar-refractivity contribution in [3.05, 3.63) is 71.9 Å². The highest BCUT2D eigenvalue weighted by Crippen LogP contribution is 2.34. The molecule has 0 spiro atoms. The fourth-order valence-corrected chi connectivity index (χ4v) is 2.46. The van der Waals surface area contributed by atoms with Gasteiger partial charge in [-0.25, -0.2) is 4.39 Å². The van der Waals surface area contributed by atoms with Crippen LogP contribution < -0.4 is 5.32 Å². The summed E-state index contributed by atoms with van der Waals surface area (Å²) in [5, 5.41) is 2.96.